The molecule has 2 heteroatoms. The average Bonchev–Trinajstić information content (AvgIpc) is 2.11. The predicted octanol–water partition coefficient (Wildman–Crippen LogP) is 1.70. The van der Waals surface area contributed by atoms with E-state index in [9.17, 15) is 5.11 Å². The van der Waals surface area contributed by atoms with Crippen LogP contribution in [-0.4, -0.2) is 22.4 Å². The van der Waals surface area contributed by atoms with Gasteiger partial charge in [0.2, 0.25) is 0 Å². The third-order valence-corrected chi connectivity index (χ3v) is 1.91. The summed E-state index contributed by atoms with van der Waals surface area (Å²) in [6.45, 7) is 3.57. The Hall–Kier alpha value is -0.520. The fourth-order valence-electron chi connectivity index (χ4n) is 0.853. The first-order chi connectivity index (χ1) is 6.12. The molecule has 76 valence electrons. The molecule has 0 heterocycles. The highest BCUT2D eigenvalue weighted by Crippen LogP contribution is 2.09. The molecular weight excluding hydrogens is 164 g/mol. The van der Waals surface area contributed by atoms with E-state index in [-0.39, 0.29) is 6.61 Å². The van der Waals surface area contributed by atoms with Gasteiger partial charge in [-0.25, -0.2) is 0 Å². The van der Waals surface area contributed by atoms with Crippen LogP contribution in [0.3, 0.4) is 0 Å². The van der Waals surface area contributed by atoms with Gasteiger partial charge in [0.25, 0.3) is 0 Å². The van der Waals surface area contributed by atoms with Crippen molar-refractivity contribution in [3.63, 3.8) is 0 Å². The summed E-state index contributed by atoms with van der Waals surface area (Å²) >= 11 is 0. The van der Waals surface area contributed by atoms with E-state index < -0.39 is 5.60 Å². The molecule has 0 saturated carbocycles. The van der Waals surface area contributed by atoms with Crippen LogP contribution in [0.25, 0.3) is 0 Å². The quantitative estimate of drug-likeness (QED) is 0.504. The van der Waals surface area contributed by atoms with E-state index in [0.29, 0.717) is 12.8 Å². The van der Waals surface area contributed by atoms with E-state index in [1.54, 1.807) is 6.92 Å². The molecule has 0 aromatic rings. The third kappa shape index (κ3) is 7.83. The lowest BCUT2D eigenvalue weighted by atomic mass is 10.0. The maximum absolute atomic E-state index is 9.41. The number of hydrogen-bond donors (Lipinski definition) is 2. The summed E-state index contributed by atoms with van der Waals surface area (Å²) in [7, 11) is 0. The van der Waals surface area contributed by atoms with Crippen molar-refractivity contribution in [2.45, 2.75) is 51.6 Å². The summed E-state index contributed by atoms with van der Waals surface area (Å²) in [5, 5.41) is 18.1. The second-order valence-electron chi connectivity index (χ2n) is 3.61. The molecule has 0 rings (SSSR count). The summed E-state index contributed by atoms with van der Waals surface area (Å²) in [5.41, 5.74) is -0.959. The minimum atomic E-state index is -0.959. The molecule has 0 aromatic carbocycles. The molecule has 0 radical (unpaired) electrons. The van der Waals surface area contributed by atoms with Crippen molar-refractivity contribution in [1.29, 1.82) is 0 Å². The molecule has 0 spiro atoms. The Kier molecular flexibility index (Phi) is 6.66. The molecule has 0 fully saturated rings. The van der Waals surface area contributed by atoms with Crippen molar-refractivity contribution in [2.75, 3.05) is 6.61 Å². The van der Waals surface area contributed by atoms with E-state index in [2.05, 4.69) is 18.8 Å². The molecule has 1 atom stereocenters. The van der Waals surface area contributed by atoms with E-state index in [0.717, 1.165) is 12.8 Å². The maximum atomic E-state index is 9.41. The Balaban J connectivity index is 3.47. The Bertz CT molecular complexity index is 174. The SMILES string of the molecule is CCCCC#CCCC(C)(O)CO. The van der Waals surface area contributed by atoms with Crippen molar-refractivity contribution < 1.29 is 10.2 Å². The van der Waals surface area contributed by atoms with Gasteiger partial charge in [-0.2, -0.15) is 0 Å². The molecule has 13 heavy (non-hydrogen) atoms. The molecular formula is C11H20O2. The van der Waals surface area contributed by atoms with E-state index >= 15 is 0 Å². The normalized spacial score (nSPS) is 14.5. The number of unbranched alkanes of at least 4 members (excludes halogenated alkanes) is 2. The first kappa shape index (κ1) is 12.5. The highest BCUT2D eigenvalue weighted by atomic mass is 16.3. The van der Waals surface area contributed by atoms with Gasteiger partial charge in [-0.1, -0.05) is 13.3 Å². The van der Waals surface area contributed by atoms with E-state index in [4.69, 9.17) is 5.11 Å². The van der Waals surface area contributed by atoms with Crippen molar-refractivity contribution in [3.05, 3.63) is 0 Å². The van der Waals surface area contributed by atoms with Crippen LogP contribution in [0.4, 0.5) is 0 Å². The van der Waals surface area contributed by atoms with Gasteiger partial charge in [0, 0.05) is 12.8 Å². The lowest BCUT2D eigenvalue weighted by molar-refractivity contribution is -0.00380. The van der Waals surface area contributed by atoms with Gasteiger partial charge in [-0.15, -0.1) is 11.8 Å². The molecule has 2 N–H and O–H groups in total. The fraction of sp³-hybridized carbons (Fsp3) is 0.818. The zero-order valence-corrected chi connectivity index (χ0v) is 8.64. The first-order valence-electron chi connectivity index (χ1n) is 4.91. The molecule has 0 bridgehead atoms. The number of aliphatic hydroxyl groups excluding tert-OH is 1. The van der Waals surface area contributed by atoms with E-state index in [1.165, 1.54) is 6.42 Å². The molecule has 0 aliphatic carbocycles. The van der Waals surface area contributed by atoms with Gasteiger partial charge in [0.05, 0.1) is 12.2 Å². The van der Waals surface area contributed by atoms with Crippen molar-refractivity contribution in [1.82, 2.24) is 0 Å². The topological polar surface area (TPSA) is 40.5 Å². The smallest absolute Gasteiger partial charge is 0.0858 e. The van der Waals surface area contributed by atoms with Crippen LogP contribution in [0.1, 0.15) is 46.0 Å². The Morgan fingerprint density at radius 3 is 2.38 bits per heavy atom. The van der Waals surface area contributed by atoms with Gasteiger partial charge in [0.1, 0.15) is 0 Å². The number of aliphatic hydroxyl groups is 2. The maximum Gasteiger partial charge on any atom is 0.0858 e. The van der Waals surface area contributed by atoms with Crippen LogP contribution in [0.15, 0.2) is 0 Å². The molecule has 0 aliphatic heterocycles. The van der Waals surface area contributed by atoms with Gasteiger partial charge < -0.3 is 10.2 Å². The molecule has 0 amide bonds. The van der Waals surface area contributed by atoms with Crippen molar-refractivity contribution in [2.24, 2.45) is 0 Å². The third-order valence-electron chi connectivity index (χ3n) is 1.91. The molecule has 0 aliphatic rings. The summed E-state index contributed by atoms with van der Waals surface area (Å²) in [6.07, 6.45) is 4.46. The average molecular weight is 184 g/mol. The van der Waals surface area contributed by atoms with Crippen molar-refractivity contribution in [3.8, 4) is 11.8 Å². The van der Waals surface area contributed by atoms with Crippen LogP contribution in [0.5, 0.6) is 0 Å². The largest absolute Gasteiger partial charge is 0.393 e. The van der Waals surface area contributed by atoms with Crippen LogP contribution in [0, 0.1) is 11.8 Å². The lowest BCUT2D eigenvalue weighted by Gasteiger charge is -2.17. The summed E-state index contributed by atoms with van der Waals surface area (Å²) in [6, 6.07) is 0. The predicted molar refractivity (Wildman–Crippen MR) is 54.2 cm³/mol. The molecule has 0 aromatic heterocycles. The number of rotatable bonds is 5. The Labute approximate surface area is 81.0 Å². The highest BCUT2D eigenvalue weighted by Gasteiger charge is 2.16. The molecule has 0 saturated heterocycles. The van der Waals surface area contributed by atoms with Gasteiger partial charge in [0.15, 0.2) is 0 Å². The zero-order valence-electron chi connectivity index (χ0n) is 8.64. The van der Waals surface area contributed by atoms with Crippen LogP contribution < -0.4 is 0 Å². The van der Waals surface area contributed by atoms with Crippen LogP contribution in [0.2, 0.25) is 0 Å². The first-order valence-corrected chi connectivity index (χ1v) is 4.91. The fourth-order valence-corrected chi connectivity index (χ4v) is 0.853. The minimum absolute atomic E-state index is 0.191. The standard InChI is InChI=1S/C11H20O2/c1-3-4-5-6-7-8-9-11(2,13)10-12/h12-13H,3-5,8-10H2,1-2H3. The molecule has 1 unspecified atom stereocenters. The second-order valence-corrected chi connectivity index (χ2v) is 3.61. The summed E-state index contributed by atoms with van der Waals surface area (Å²) in [4.78, 5) is 0. The lowest BCUT2D eigenvalue weighted by Crippen LogP contribution is -2.28. The van der Waals surface area contributed by atoms with Crippen LogP contribution >= 0.6 is 0 Å². The second kappa shape index (κ2) is 6.94. The summed E-state index contributed by atoms with van der Waals surface area (Å²) < 4.78 is 0. The van der Waals surface area contributed by atoms with Crippen molar-refractivity contribution >= 4 is 0 Å². The highest BCUT2D eigenvalue weighted by molar-refractivity contribution is 4.99. The minimum Gasteiger partial charge on any atom is -0.393 e. The van der Waals surface area contributed by atoms with Crippen LogP contribution in [-0.2, 0) is 0 Å². The Morgan fingerprint density at radius 2 is 1.85 bits per heavy atom. The monoisotopic (exact) mass is 184 g/mol. The Morgan fingerprint density at radius 1 is 1.23 bits per heavy atom. The molecule has 2 nitrogen and oxygen atoms in total. The zero-order chi connectivity index (χ0) is 10.2. The van der Waals surface area contributed by atoms with Gasteiger partial charge in [-0.05, 0) is 19.8 Å². The summed E-state index contributed by atoms with van der Waals surface area (Å²) in [5.74, 6) is 6.03. The number of hydrogen-bond acceptors (Lipinski definition) is 2. The van der Waals surface area contributed by atoms with Gasteiger partial charge >= 0.3 is 0 Å². The van der Waals surface area contributed by atoms with E-state index in [1.807, 2.05) is 0 Å². The van der Waals surface area contributed by atoms with Gasteiger partial charge in [-0.3, -0.25) is 0 Å².